The summed E-state index contributed by atoms with van der Waals surface area (Å²) in [7, 11) is 1.62. The standard InChI is InChI=1S/C19H20BrN3O2/c1-13-11-15(20)5-8-17(13)22-10-9-18(24)23(19(22)21)12-14-3-6-16(25-2)7-4-14/h3-8,11,21H,9-10,12H2,1-2H3. The lowest BCUT2D eigenvalue weighted by atomic mass is 10.1. The Morgan fingerprint density at radius 2 is 1.92 bits per heavy atom. The quantitative estimate of drug-likeness (QED) is 0.843. The van der Waals surface area contributed by atoms with Crippen LogP contribution in [0.15, 0.2) is 46.9 Å². The van der Waals surface area contributed by atoms with Crippen LogP contribution in [0.2, 0.25) is 0 Å². The Labute approximate surface area is 155 Å². The van der Waals surface area contributed by atoms with Crippen LogP contribution in [0, 0.1) is 12.3 Å². The first kappa shape index (κ1) is 17.5. The largest absolute Gasteiger partial charge is 0.497 e. The summed E-state index contributed by atoms with van der Waals surface area (Å²) in [4.78, 5) is 15.8. The van der Waals surface area contributed by atoms with Crippen molar-refractivity contribution in [3.05, 3.63) is 58.1 Å². The molecule has 1 heterocycles. The number of methoxy groups -OCH3 is 1. The molecule has 0 unspecified atom stereocenters. The molecule has 0 aromatic heterocycles. The van der Waals surface area contributed by atoms with Crippen molar-refractivity contribution in [3.63, 3.8) is 0 Å². The van der Waals surface area contributed by atoms with Crippen LogP contribution >= 0.6 is 15.9 Å². The van der Waals surface area contributed by atoms with Crippen LogP contribution in [-0.2, 0) is 11.3 Å². The fraction of sp³-hybridized carbons (Fsp3) is 0.263. The first-order valence-corrected chi connectivity index (χ1v) is 8.84. The van der Waals surface area contributed by atoms with E-state index in [4.69, 9.17) is 10.1 Å². The predicted octanol–water partition coefficient (Wildman–Crippen LogP) is 3.94. The van der Waals surface area contributed by atoms with E-state index in [9.17, 15) is 4.79 Å². The van der Waals surface area contributed by atoms with Crippen LogP contribution in [0.5, 0.6) is 5.75 Å². The molecule has 0 bridgehead atoms. The number of carbonyl (C=O) groups is 1. The summed E-state index contributed by atoms with van der Waals surface area (Å²) in [5.74, 6) is 0.972. The molecule has 2 aromatic carbocycles. The minimum absolute atomic E-state index is 0.0215. The molecule has 1 amide bonds. The number of nitrogens with one attached hydrogen (secondary N) is 1. The van der Waals surface area contributed by atoms with Gasteiger partial charge in [0.25, 0.3) is 0 Å². The van der Waals surface area contributed by atoms with Gasteiger partial charge in [0, 0.05) is 23.1 Å². The van der Waals surface area contributed by atoms with Gasteiger partial charge in [-0.05, 0) is 48.4 Å². The molecule has 5 nitrogen and oxygen atoms in total. The minimum Gasteiger partial charge on any atom is -0.497 e. The molecular formula is C19H20BrN3O2. The van der Waals surface area contributed by atoms with E-state index >= 15 is 0 Å². The van der Waals surface area contributed by atoms with Gasteiger partial charge in [-0.2, -0.15) is 0 Å². The van der Waals surface area contributed by atoms with E-state index in [0.717, 1.165) is 27.0 Å². The molecule has 25 heavy (non-hydrogen) atoms. The lowest BCUT2D eigenvalue weighted by Gasteiger charge is -2.37. The summed E-state index contributed by atoms with van der Waals surface area (Å²) in [6.07, 6.45) is 0.397. The zero-order valence-electron chi connectivity index (χ0n) is 14.3. The van der Waals surface area contributed by atoms with E-state index in [1.54, 1.807) is 7.11 Å². The van der Waals surface area contributed by atoms with Crippen molar-refractivity contribution < 1.29 is 9.53 Å². The van der Waals surface area contributed by atoms with Crippen LogP contribution in [0.25, 0.3) is 0 Å². The molecule has 1 saturated heterocycles. The highest BCUT2D eigenvalue weighted by Gasteiger charge is 2.30. The van der Waals surface area contributed by atoms with Gasteiger partial charge in [-0.1, -0.05) is 28.1 Å². The second-order valence-electron chi connectivity index (χ2n) is 5.98. The maximum Gasteiger partial charge on any atom is 0.231 e. The fourth-order valence-electron chi connectivity index (χ4n) is 2.94. The zero-order valence-corrected chi connectivity index (χ0v) is 15.8. The molecule has 2 aromatic rings. The van der Waals surface area contributed by atoms with E-state index in [0.29, 0.717) is 19.5 Å². The predicted molar refractivity (Wildman–Crippen MR) is 102 cm³/mol. The Hall–Kier alpha value is -2.34. The topological polar surface area (TPSA) is 56.6 Å². The number of nitrogens with zero attached hydrogens (tertiary/aromatic N) is 2. The third-order valence-corrected chi connectivity index (χ3v) is 4.80. The molecule has 1 aliphatic heterocycles. The molecule has 0 saturated carbocycles. The molecule has 0 atom stereocenters. The number of hydrogen-bond donors (Lipinski definition) is 1. The average molecular weight is 402 g/mol. The lowest BCUT2D eigenvalue weighted by Crippen LogP contribution is -2.52. The normalized spacial score (nSPS) is 14.8. The number of halogens is 1. The number of carbonyl (C=O) groups excluding carboxylic acids is 1. The minimum atomic E-state index is -0.0215. The first-order valence-electron chi connectivity index (χ1n) is 8.05. The zero-order chi connectivity index (χ0) is 18.0. The highest BCUT2D eigenvalue weighted by Crippen LogP contribution is 2.27. The van der Waals surface area contributed by atoms with E-state index < -0.39 is 0 Å². The van der Waals surface area contributed by atoms with Crippen LogP contribution in [0.1, 0.15) is 17.5 Å². The average Bonchev–Trinajstić information content (AvgIpc) is 2.60. The van der Waals surface area contributed by atoms with Crippen molar-refractivity contribution in [2.45, 2.75) is 19.9 Å². The first-order chi connectivity index (χ1) is 12.0. The maximum absolute atomic E-state index is 12.4. The number of guanidine groups is 1. The van der Waals surface area contributed by atoms with Gasteiger partial charge in [0.05, 0.1) is 13.7 Å². The molecule has 3 rings (SSSR count). The third kappa shape index (κ3) is 3.69. The number of benzene rings is 2. The monoisotopic (exact) mass is 401 g/mol. The smallest absolute Gasteiger partial charge is 0.231 e. The van der Waals surface area contributed by atoms with Gasteiger partial charge in [0.1, 0.15) is 5.75 Å². The van der Waals surface area contributed by atoms with Crippen LogP contribution in [0.3, 0.4) is 0 Å². The number of rotatable bonds is 4. The number of ether oxygens (including phenoxy) is 1. The SMILES string of the molecule is COc1ccc(CN2C(=N)N(c3ccc(Br)cc3C)CCC2=O)cc1. The molecular weight excluding hydrogens is 382 g/mol. The van der Waals surface area contributed by atoms with Gasteiger partial charge >= 0.3 is 0 Å². The van der Waals surface area contributed by atoms with Crippen LogP contribution in [0.4, 0.5) is 5.69 Å². The maximum atomic E-state index is 12.4. The summed E-state index contributed by atoms with van der Waals surface area (Å²) in [5.41, 5.74) is 2.99. The summed E-state index contributed by atoms with van der Waals surface area (Å²) in [6.45, 7) is 2.92. The highest BCUT2D eigenvalue weighted by atomic mass is 79.9. The van der Waals surface area contributed by atoms with E-state index in [2.05, 4.69) is 15.9 Å². The number of hydrogen-bond acceptors (Lipinski definition) is 3. The van der Waals surface area contributed by atoms with E-state index in [1.807, 2.05) is 54.3 Å². The Morgan fingerprint density at radius 1 is 1.20 bits per heavy atom. The Bertz CT molecular complexity index is 805. The van der Waals surface area contributed by atoms with Crippen molar-refractivity contribution in [2.75, 3.05) is 18.6 Å². The second-order valence-corrected chi connectivity index (χ2v) is 6.90. The number of anilines is 1. The van der Waals surface area contributed by atoms with Crippen molar-refractivity contribution in [3.8, 4) is 5.75 Å². The molecule has 0 aliphatic carbocycles. The van der Waals surface area contributed by atoms with Gasteiger partial charge in [-0.15, -0.1) is 0 Å². The lowest BCUT2D eigenvalue weighted by molar-refractivity contribution is -0.128. The molecule has 1 aliphatic rings. The summed E-state index contributed by atoms with van der Waals surface area (Å²) < 4.78 is 6.17. The summed E-state index contributed by atoms with van der Waals surface area (Å²) in [6, 6.07) is 13.5. The number of aryl methyl sites for hydroxylation is 1. The Kier molecular flexibility index (Phi) is 5.08. The van der Waals surface area contributed by atoms with Crippen LogP contribution in [-0.4, -0.2) is 30.4 Å². The van der Waals surface area contributed by atoms with Gasteiger partial charge in [-0.25, -0.2) is 0 Å². The van der Waals surface area contributed by atoms with Crippen molar-refractivity contribution in [2.24, 2.45) is 0 Å². The van der Waals surface area contributed by atoms with Gasteiger partial charge in [-0.3, -0.25) is 15.1 Å². The molecule has 1 N–H and O–H groups in total. The highest BCUT2D eigenvalue weighted by molar-refractivity contribution is 9.10. The molecule has 1 fully saturated rings. The summed E-state index contributed by atoms with van der Waals surface area (Å²) in [5, 5.41) is 8.54. The second kappa shape index (κ2) is 7.27. The number of amides is 1. The third-order valence-electron chi connectivity index (χ3n) is 4.31. The molecule has 6 heteroatoms. The fourth-order valence-corrected chi connectivity index (χ4v) is 3.42. The van der Waals surface area contributed by atoms with Crippen molar-refractivity contribution in [1.29, 1.82) is 5.41 Å². The van der Waals surface area contributed by atoms with Gasteiger partial charge in [0.15, 0.2) is 0 Å². The molecule has 0 spiro atoms. The van der Waals surface area contributed by atoms with Crippen LogP contribution < -0.4 is 9.64 Å². The Morgan fingerprint density at radius 3 is 2.56 bits per heavy atom. The molecule has 0 radical (unpaired) electrons. The van der Waals surface area contributed by atoms with E-state index in [1.165, 1.54) is 4.90 Å². The summed E-state index contributed by atoms with van der Waals surface area (Å²) >= 11 is 3.47. The Balaban J connectivity index is 1.83. The van der Waals surface area contributed by atoms with Gasteiger partial charge in [0.2, 0.25) is 11.9 Å². The molecule has 130 valence electrons. The van der Waals surface area contributed by atoms with Crippen molar-refractivity contribution >= 4 is 33.5 Å². The van der Waals surface area contributed by atoms with E-state index in [-0.39, 0.29) is 11.9 Å². The van der Waals surface area contributed by atoms with Gasteiger partial charge < -0.3 is 9.64 Å². The van der Waals surface area contributed by atoms with Crippen molar-refractivity contribution in [1.82, 2.24) is 4.90 Å².